The minimum absolute atomic E-state index is 0.0551. The summed E-state index contributed by atoms with van der Waals surface area (Å²) in [5.74, 6) is -0.602. The van der Waals surface area contributed by atoms with Crippen LogP contribution < -0.4 is 31.1 Å². The van der Waals surface area contributed by atoms with Crippen LogP contribution in [0.4, 0.5) is 4.79 Å². The quantitative estimate of drug-likeness (QED) is 0.0892. The van der Waals surface area contributed by atoms with E-state index in [-0.39, 0.29) is 43.2 Å². The van der Waals surface area contributed by atoms with E-state index in [0.717, 1.165) is 28.0 Å². The van der Waals surface area contributed by atoms with E-state index in [1.165, 1.54) is 0 Å². The van der Waals surface area contributed by atoms with Crippen molar-refractivity contribution in [2.75, 3.05) is 6.54 Å². The minimum atomic E-state index is -4.10. The summed E-state index contributed by atoms with van der Waals surface area (Å²) in [5.41, 5.74) is 9.29. The molecule has 14 heteroatoms. The van der Waals surface area contributed by atoms with E-state index in [1.54, 1.807) is 34.6 Å². The fourth-order valence-corrected chi connectivity index (χ4v) is 7.85. The van der Waals surface area contributed by atoms with Gasteiger partial charge in [-0.2, -0.15) is 0 Å². The van der Waals surface area contributed by atoms with Crippen molar-refractivity contribution in [3.05, 3.63) is 94.0 Å². The third-order valence-electron chi connectivity index (χ3n) is 8.97. The van der Waals surface area contributed by atoms with Crippen LogP contribution in [0.5, 0.6) is 5.75 Å². The van der Waals surface area contributed by atoms with Crippen molar-refractivity contribution in [2.45, 2.75) is 116 Å². The molecule has 3 aromatic carbocycles. The van der Waals surface area contributed by atoms with Crippen molar-refractivity contribution < 1.29 is 32.3 Å². The second-order valence-corrected chi connectivity index (χ2v) is 16.8. The Hall–Kier alpha value is -5.11. The first-order valence-electron chi connectivity index (χ1n) is 18.1. The third kappa shape index (κ3) is 11.4. The summed E-state index contributed by atoms with van der Waals surface area (Å²) in [4.78, 5) is 44.4. The average Bonchev–Trinajstić information content (AvgIpc) is 3.42. The van der Waals surface area contributed by atoms with E-state index in [2.05, 4.69) is 25.7 Å². The van der Waals surface area contributed by atoms with Gasteiger partial charge in [0.25, 0.3) is 10.0 Å². The van der Waals surface area contributed by atoms with Crippen molar-refractivity contribution in [3.8, 4) is 5.75 Å². The molecular weight excluding hydrogens is 709 g/mol. The zero-order chi connectivity index (χ0) is 39.8. The number of fused-ring (bicyclic) bond motifs is 1. The number of amides is 3. The smallest absolute Gasteiger partial charge is 0.408 e. The molecule has 54 heavy (non-hydrogen) atoms. The van der Waals surface area contributed by atoms with Crippen molar-refractivity contribution >= 4 is 33.9 Å². The summed E-state index contributed by atoms with van der Waals surface area (Å²) in [6.45, 7) is 14.7. The second-order valence-electron chi connectivity index (χ2n) is 15.2. The molecular formula is C40H54N6O7S. The number of hydrogen-bond donors (Lipinski definition) is 5. The molecule has 292 valence electrons. The number of benzene rings is 3. The lowest BCUT2D eigenvalue weighted by Gasteiger charge is -2.25. The number of carbonyl (C=O) groups excluding carboxylic acids is 3. The molecule has 0 unspecified atom stereocenters. The van der Waals surface area contributed by atoms with E-state index in [0.29, 0.717) is 17.5 Å². The number of ether oxygens (including phenoxy) is 2. The zero-order valence-corrected chi connectivity index (χ0v) is 33.3. The molecule has 0 fully saturated rings. The van der Waals surface area contributed by atoms with Crippen LogP contribution in [0.25, 0.3) is 0 Å². The second kappa shape index (κ2) is 17.4. The maximum absolute atomic E-state index is 13.8. The summed E-state index contributed by atoms with van der Waals surface area (Å²) in [5, 5.41) is 8.34. The summed E-state index contributed by atoms with van der Waals surface area (Å²) in [6.07, 6.45) is 0.352. The fraction of sp³-hybridized carbons (Fsp3) is 0.450. The first kappa shape index (κ1) is 41.6. The fourth-order valence-electron chi connectivity index (χ4n) is 6.32. The van der Waals surface area contributed by atoms with Crippen LogP contribution in [0, 0.1) is 20.8 Å². The van der Waals surface area contributed by atoms with Crippen molar-refractivity contribution in [1.29, 1.82) is 0 Å². The number of nitrogens with zero attached hydrogens (tertiary/aromatic N) is 1. The predicted molar refractivity (Wildman–Crippen MR) is 209 cm³/mol. The Morgan fingerprint density at radius 3 is 2.11 bits per heavy atom. The maximum Gasteiger partial charge on any atom is 0.408 e. The molecule has 0 aromatic heterocycles. The molecule has 4 rings (SSSR count). The summed E-state index contributed by atoms with van der Waals surface area (Å²) >= 11 is 0. The van der Waals surface area contributed by atoms with Crippen LogP contribution in [0.3, 0.4) is 0 Å². The molecule has 0 aliphatic carbocycles. The highest BCUT2D eigenvalue weighted by atomic mass is 32.2. The van der Waals surface area contributed by atoms with Crippen LogP contribution in [0.1, 0.15) is 80.8 Å². The van der Waals surface area contributed by atoms with E-state index in [9.17, 15) is 22.8 Å². The Morgan fingerprint density at radius 2 is 1.50 bits per heavy atom. The molecule has 0 saturated carbocycles. The molecule has 2 atom stereocenters. The number of rotatable bonds is 14. The Morgan fingerprint density at radius 1 is 0.889 bits per heavy atom. The summed E-state index contributed by atoms with van der Waals surface area (Å²) < 4.78 is 41.2. The number of hydrogen-bond acceptors (Lipinski definition) is 8. The van der Waals surface area contributed by atoms with Gasteiger partial charge in [0.1, 0.15) is 29.0 Å². The first-order valence-corrected chi connectivity index (χ1v) is 19.5. The van der Waals surface area contributed by atoms with E-state index < -0.39 is 51.2 Å². The Kier molecular flexibility index (Phi) is 13.4. The van der Waals surface area contributed by atoms with Crippen LogP contribution in [-0.2, 0) is 43.7 Å². The Balaban J connectivity index is 1.48. The highest BCUT2D eigenvalue weighted by molar-refractivity contribution is 7.90. The predicted octanol–water partition coefficient (Wildman–Crippen LogP) is 4.64. The lowest BCUT2D eigenvalue weighted by atomic mass is 9.94. The SMILES string of the molecule is Cc1c(C)c(S(=O)(=O)NC(N)=NCCC[C@H](NC(=O)[C@H](Cc2ccccc2)NC(=O)OC(C)(C)C)C(=O)NCc2ccccc2)c(C)c2c1OC(C)(C)C2. The van der Waals surface area contributed by atoms with Gasteiger partial charge in [-0.1, -0.05) is 60.7 Å². The summed E-state index contributed by atoms with van der Waals surface area (Å²) in [6, 6.07) is 16.4. The van der Waals surface area contributed by atoms with Gasteiger partial charge in [-0.15, -0.1) is 0 Å². The number of alkyl carbamates (subject to hydrolysis) is 1. The topological polar surface area (TPSA) is 190 Å². The summed E-state index contributed by atoms with van der Waals surface area (Å²) in [7, 11) is -4.10. The monoisotopic (exact) mass is 762 g/mol. The number of sulfonamides is 1. The number of nitrogens with two attached hydrogens (primary N) is 1. The van der Waals surface area contributed by atoms with Crippen LogP contribution in [0.15, 0.2) is 70.6 Å². The molecule has 0 spiro atoms. The van der Waals surface area contributed by atoms with Crippen LogP contribution in [-0.4, -0.2) is 62.1 Å². The number of nitrogens with one attached hydrogen (secondary N) is 4. The Bertz CT molecular complexity index is 1960. The van der Waals surface area contributed by atoms with Crippen LogP contribution in [0.2, 0.25) is 0 Å². The van der Waals surface area contributed by atoms with Crippen molar-refractivity contribution in [3.63, 3.8) is 0 Å². The zero-order valence-electron chi connectivity index (χ0n) is 32.5. The Labute approximate surface area is 318 Å². The maximum atomic E-state index is 13.8. The van der Waals surface area contributed by atoms with Gasteiger partial charge in [-0.3, -0.25) is 14.6 Å². The highest BCUT2D eigenvalue weighted by Gasteiger charge is 2.37. The molecule has 1 aliphatic rings. The van der Waals surface area contributed by atoms with Gasteiger partial charge in [0.15, 0.2) is 0 Å². The standard InChI is InChI=1S/C40H54N6O7S/c1-25-26(2)34(27(3)30-23-40(7,8)52-33(25)30)54(50,51)46-37(41)42-21-15-20-31(35(47)43-24-29-18-13-10-14-19-29)44-36(48)32(22-28-16-11-9-12-17-28)45-38(49)53-39(4,5)6/h9-14,16-19,31-32H,15,20-24H2,1-8H3,(H,43,47)(H,44,48)(H,45,49)(H3,41,42,46)/t31-,32-/m0/s1. The number of aliphatic imine (C=N–C) groups is 1. The molecule has 0 saturated heterocycles. The van der Waals surface area contributed by atoms with Gasteiger partial charge in [0.05, 0.1) is 4.90 Å². The lowest BCUT2D eigenvalue weighted by molar-refractivity contribution is -0.130. The van der Waals surface area contributed by atoms with Gasteiger partial charge >= 0.3 is 6.09 Å². The largest absolute Gasteiger partial charge is 0.487 e. The normalized spacial score (nSPS) is 14.9. The molecule has 1 aliphatic heterocycles. The number of guanidine groups is 1. The third-order valence-corrected chi connectivity index (χ3v) is 10.6. The molecule has 6 N–H and O–H groups in total. The first-order chi connectivity index (χ1) is 25.3. The highest BCUT2D eigenvalue weighted by Crippen LogP contribution is 2.43. The van der Waals surface area contributed by atoms with Gasteiger partial charge in [-0.05, 0) is 96.0 Å². The van der Waals surface area contributed by atoms with E-state index in [1.807, 2.05) is 81.4 Å². The van der Waals surface area contributed by atoms with E-state index in [4.69, 9.17) is 15.2 Å². The van der Waals surface area contributed by atoms with E-state index >= 15 is 0 Å². The molecule has 1 heterocycles. The molecule has 13 nitrogen and oxygen atoms in total. The average molecular weight is 763 g/mol. The van der Waals surface area contributed by atoms with Crippen molar-refractivity contribution in [1.82, 2.24) is 20.7 Å². The molecule has 0 bridgehead atoms. The molecule has 3 aromatic rings. The van der Waals surface area contributed by atoms with Crippen molar-refractivity contribution in [2.24, 2.45) is 10.7 Å². The van der Waals surface area contributed by atoms with Gasteiger partial charge in [-0.25, -0.2) is 17.9 Å². The lowest BCUT2D eigenvalue weighted by Crippen LogP contribution is -2.54. The van der Waals surface area contributed by atoms with Gasteiger partial charge < -0.3 is 31.2 Å². The number of carbonyl (C=O) groups is 3. The minimum Gasteiger partial charge on any atom is -0.487 e. The molecule has 3 amide bonds. The van der Waals surface area contributed by atoms with Gasteiger partial charge in [0.2, 0.25) is 17.8 Å². The van der Waals surface area contributed by atoms with Gasteiger partial charge in [0, 0.05) is 31.5 Å². The van der Waals surface area contributed by atoms with Crippen LogP contribution >= 0.6 is 0 Å². The molecule has 0 radical (unpaired) electrons.